The van der Waals surface area contributed by atoms with E-state index in [2.05, 4.69) is 10.5 Å². The number of sulfonamides is 1. The highest BCUT2D eigenvalue weighted by Gasteiger charge is 2.33. The summed E-state index contributed by atoms with van der Waals surface area (Å²) >= 11 is 0. The molecule has 0 spiro atoms. The van der Waals surface area contributed by atoms with Crippen LogP contribution in [-0.4, -0.2) is 60.9 Å². The molecule has 0 saturated carbocycles. The first kappa shape index (κ1) is 20.8. The lowest BCUT2D eigenvalue weighted by atomic mass is 10.1. The fourth-order valence-electron chi connectivity index (χ4n) is 3.33. The molecule has 3 amide bonds. The molecule has 0 atom stereocenters. The van der Waals surface area contributed by atoms with Gasteiger partial charge < -0.3 is 20.5 Å². The monoisotopic (exact) mass is 421 g/mol. The van der Waals surface area contributed by atoms with Crippen molar-refractivity contribution >= 4 is 27.6 Å². The minimum absolute atomic E-state index is 0.0924. The van der Waals surface area contributed by atoms with Crippen LogP contribution in [0.2, 0.25) is 0 Å². The number of carbonyl (C=O) groups is 2. The van der Waals surface area contributed by atoms with Gasteiger partial charge in [0.05, 0.1) is 0 Å². The lowest BCUT2D eigenvalue weighted by molar-refractivity contribution is 0.0764. The number of carbonyl (C=O) groups excluding carboxylic acids is 2. The average Bonchev–Trinajstić information content (AvgIpc) is 2.86. The first-order valence-corrected chi connectivity index (χ1v) is 10.5. The molecule has 0 bridgehead atoms. The van der Waals surface area contributed by atoms with Crippen LogP contribution in [0.1, 0.15) is 28.2 Å². The standard InChI is InChI=1S/C18H23N5O5S/c1-12-16(13(2)28-21-12)29(26,27)23-9-3-8-22(10-11-23)17(24)14-4-6-15(7-5-14)20-18(19)25/h4-7H,3,8-11H2,1-2H3,(H3,19,20,25). The average molecular weight is 421 g/mol. The summed E-state index contributed by atoms with van der Waals surface area (Å²) in [6, 6.07) is 5.68. The van der Waals surface area contributed by atoms with Crippen LogP contribution in [0.3, 0.4) is 0 Å². The van der Waals surface area contributed by atoms with Gasteiger partial charge in [0.25, 0.3) is 5.91 Å². The van der Waals surface area contributed by atoms with Gasteiger partial charge in [-0.2, -0.15) is 4.31 Å². The number of aryl methyl sites for hydroxylation is 2. The Hall–Kier alpha value is -2.92. The second-order valence-electron chi connectivity index (χ2n) is 6.77. The van der Waals surface area contributed by atoms with E-state index in [4.69, 9.17) is 10.3 Å². The van der Waals surface area contributed by atoms with E-state index in [0.717, 1.165) is 0 Å². The minimum Gasteiger partial charge on any atom is -0.360 e. The zero-order chi connectivity index (χ0) is 21.2. The van der Waals surface area contributed by atoms with Crippen molar-refractivity contribution in [3.8, 4) is 0 Å². The summed E-state index contributed by atoms with van der Waals surface area (Å²) < 4.78 is 32.4. The van der Waals surface area contributed by atoms with Gasteiger partial charge in [0.1, 0.15) is 10.6 Å². The molecule has 1 aromatic carbocycles. The third kappa shape index (κ3) is 4.40. The van der Waals surface area contributed by atoms with E-state index in [9.17, 15) is 18.0 Å². The molecular formula is C18H23N5O5S. The maximum atomic E-state index is 13.0. The van der Waals surface area contributed by atoms with Gasteiger partial charge in [0.2, 0.25) is 10.0 Å². The minimum atomic E-state index is -3.75. The number of urea groups is 1. The van der Waals surface area contributed by atoms with Crippen LogP contribution in [0.4, 0.5) is 10.5 Å². The van der Waals surface area contributed by atoms with Gasteiger partial charge in [-0.15, -0.1) is 0 Å². The topological polar surface area (TPSA) is 139 Å². The highest BCUT2D eigenvalue weighted by Crippen LogP contribution is 2.24. The lowest BCUT2D eigenvalue weighted by Crippen LogP contribution is -2.37. The number of nitrogens with one attached hydrogen (secondary N) is 1. The fraction of sp³-hybridized carbons (Fsp3) is 0.389. The van der Waals surface area contributed by atoms with Crippen molar-refractivity contribution in [1.82, 2.24) is 14.4 Å². The van der Waals surface area contributed by atoms with E-state index in [1.807, 2.05) is 0 Å². The van der Waals surface area contributed by atoms with E-state index in [-0.39, 0.29) is 29.7 Å². The summed E-state index contributed by atoms with van der Waals surface area (Å²) in [6.07, 6.45) is 0.510. The Morgan fingerprint density at radius 1 is 1.10 bits per heavy atom. The van der Waals surface area contributed by atoms with Crippen molar-refractivity contribution in [3.63, 3.8) is 0 Å². The maximum Gasteiger partial charge on any atom is 0.316 e. The van der Waals surface area contributed by atoms with Crippen LogP contribution in [0.25, 0.3) is 0 Å². The summed E-state index contributed by atoms with van der Waals surface area (Å²) in [5, 5.41) is 6.16. The van der Waals surface area contributed by atoms with E-state index in [0.29, 0.717) is 36.5 Å². The molecule has 2 heterocycles. The maximum absolute atomic E-state index is 13.0. The van der Waals surface area contributed by atoms with Crippen LogP contribution in [-0.2, 0) is 10.0 Å². The molecule has 0 aliphatic carbocycles. The fourth-order valence-corrected chi connectivity index (χ4v) is 5.09. The molecular weight excluding hydrogens is 398 g/mol. The summed E-state index contributed by atoms with van der Waals surface area (Å²) in [7, 11) is -3.75. The number of benzene rings is 1. The SMILES string of the molecule is Cc1noc(C)c1S(=O)(=O)N1CCCN(C(=O)c2ccc(NC(N)=O)cc2)CC1. The molecule has 29 heavy (non-hydrogen) atoms. The molecule has 11 heteroatoms. The number of nitrogens with two attached hydrogens (primary N) is 1. The second kappa shape index (κ2) is 8.21. The molecule has 156 valence electrons. The van der Waals surface area contributed by atoms with Crippen molar-refractivity contribution < 1.29 is 22.5 Å². The number of hydrogen-bond donors (Lipinski definition) is 2. The van der Waals surface area contributed by atoms with Crippen LogP contribution in [0.15, 0.2) is 33.7 Å². The smallest absolute Gasteiger partial charge is 0.316 e. The summed E-state index contributed by atoms with van der Waals surface area (Å²) in [5.41, 5.74) is 6.33. The molecule has 0 radical (unpaired) electrons. The third-order valence-corrected chi connectivity index (χ3v) is 6.85. The Balaban J connectivity index is 1.71. The van der Waals surface area contributed by atoms with Gasteiger partial charge in [-0.3, -0.25) is 4.79 Å². The molecule has 1 fully saturated rings. The van der Waals surface area contributed by atoms with Crippen molar-refractivity contribution in [3.05, 3.63) is 41.3 Å². The van der Waals surface area contributed by atoms with Gasteiger partial charge >= 0.3 is 6.03 Å². The normalized spacial score (nSPS) is 15.7. The predicted molar refractivity (Wildman–Crippen MR) is 105 cm³/mol. The Kier molecular flexibility index (Phi) is 5.89. The number of hydrogen-bond acceptors (Lipinski definition) is 6. The quantitative estimate of drug-likeness (QED) is 0.763. The number of anilines is 1. The first-order chi connectivity index (χ1) is 13.7. The van der Waals surface area contributed by atoms with Crippen molar-refractivity contribution in [1.29, 1.82) is 0 Å². The van der Waals surface area contributed by atoms with Crippen LogP contribution < -0.4 is 11.1 Å². The molecule has 0 unspecified atom stereocenters. The Labute approximate surface area is 168 Å². The lowest BCUT2D eigenvalue weighted by Gasteiger charge is -2.22. The highest BCUT2D eigenvalue weighted by atomic mass is 32.2. The molecule has 3 rings (SSSR count). The molecule has 1 aromatic heterocycles. The number of nitrogens with zero attached hydrogens (tertiary/aromatic N) is 3. The van der Waals surface area contributed by atoms with E-state index in [1.165, 1.54) is 4.31 Å². The Morgan fingerprint density at radius 2 is 1.79 bits per heavy atom. The predicted octanol–water partition coefficient (Wildman–Crippen LogP) is 1.32. The van der Waals surface area contributed by atoms with Gasteiger partial charge in [-0.1, -0.05) is 5.16 Å². The number of rotatable bonds is 4. The van der Waals surface area contributed by atoms with Crippen molar-refractivity contribution in [2.45, 2.75) is 25.2 Å². The van der Waals surface area contributed by atoms with Crippen LogP contribution in [0.5, 0.6) is 0 Å². The zero-order valence-electron chi connectivity index (χ0n) is 16.2. The first-order valence-electron chi connectivity index (χ1n) is 9.09. The second-order valence-corrected chi connectivity index (χ2v) is 8.64. The summed E-state index contributed by atoms with van der Waals surface area (Å²) in [4.78, 5) is 25.4. The van der Waals surface area contributed by atoms with Crippen molar-refractivity contribution in [2.75, 3.05) is 31.5 Å². The summed E-state index contributed by atoms with van der Waals surface area (Å²) in [5.74, 6) is 0.0524. The van der Waals surface area contributed by atoms with Crippen LogP contribution >= 0.6 is 0 Å². The van der Waals surface area contributed by atoms with E-state index in [1.54, 1.807) is 43.0 Å². The van der Waals surface area contributed by atoms with Gasteiger partial charge in [0, 0.05) is 37.4 Å². The highest BCUT2D eigenvalue weighted by molar-refractivity contribution is 7.89. The largest absolute Gasteiger partial charge is 0.360 e. The number of primary amides is 1. The van der Waals surface area contributed by atoms with Gasteiger partial charge in [-0.05, 0) is 44.5 Å². The number of amides is 3. The van der Waals surface area contributed by atoms with E-state index >= 15 is 0 Å². The molecule has 1 saturated heterocycles. The number of aromatic nitrogens is 1. The molecule has 2 aromatic rings. The Bertz CT molecular complexity index is 996. The summed E-state index contributed by atoms with van der Waals surface area (Å²) in [6.45, 7) is 4.35. The van der Waals surface area contributed by atoms with Gasteiger partial charge in [-0.25, -0.2) is 13.2 Å². The molecule has 1 aliphatic rings. The van der Waals surface area contributed by atoms with Crippen LogP contribution in [0, 0.1) is 13.8 Å². The Morgan fingerprint density at radius 3 is 2.38 bits per heavy atom. The molecule has 3 N–H and O–H groups in total. The zero-order valence-corrected chi connectivity index (χ0v) is 17.0. The molecule has 1 aliphatic heterocycles. The van der Waals surface area contributed by atoms with Gasteiger partial charge in [0.15, 0.2) is 5.76 Å². The molecule has 10 nitrogen and oxygen atoms in total. The van der Waals surface area contributed by atoms with E-state index < -0.39 is 16.1 Å². The van der Waals surface area contributed by atoms with Crippen molar-refractivity contribution in [2.24, 2.45) is 5.73 Å². The third-order valence-electron chi connectivity index (χ3n) is 4.71.